The molecule has 0 bridgehead atoms. The molecule has 0 aliphatic carbocycles. The van der Waals surface area contributed by atoms with Crippen LogP contribution in [0.4, 0.5) is 5.82 Å². The molecule has 0 radical (unpaired) electrons. The van der Waals surface area contributed by atoms with Crippen LogP contribution in [0.1, 0.15) is 16.7 Å². The van der Waals surface area contributed by atoms with E-state index >= 15 is 0 Å². The molecule has 1 N–H and O–H groups in total. The van der Waals surface area contributed by atoms with Gasteiger partial charge >= 0.3 is 0 Å². The fourth-order valence-electron chi connectivity index (χ4n) is 3.00. The third kappa shape index (κ3) is 3.16. The molecular weight excluding hydrogens is 322 g/mol. The first kappa shape index (κ1) is 16.3. The van der Waals surface area contributed by atoms with Crippen LogP contribution in [0.2, 0.25) is 0 Å². The van der Waals surface area contributed by atoms with Crippen LogP contribution >= 0.6 is 0 Å². The van der Waals surface area contributed by atoms with Gasteiger partial charge in [0, 0.05) is 6.54 Å². The zero-order chi connectivity index (χ0) is 17.9. The average Bonchev–Trinajstić information content (AvgIpc) is 3.10. The van der Waals surface area contributed by atoms with E-state index in [1.165, 1.54) is 16.7 Å². The van der Waals surface area contributed by atoms with Crippen molar-refractivity contribution in [1.29, 1.82) is 0 Å². The Hall–Kier alpha value is -3.21. The van der Waals surface area contributed by atoms with Crippen molar-refractivity contribution in [3.8, 4) is 5.69 Å². The molecule has 0 saturated heterocycles. The van der Waals surface area contributed by atoms with Crippen molar-refractivity contribution in [2.45, 2.75) is 20.3 Å². The number of hydrogen-bond donors (Lipinski definition) is 1. The van der Waals surface area contributed by atoms with Crippen LogP contribution in [0.5, 0.6) is 0 Å². The van der Waals surface area contributed by atoms with Crippen molar-refractivity contribution in [3.63, 3.8) is 0 Å². The molecule has 26 heavy (non-hydrogen) atoms. The van der Waals surface area contributed by atoms with Crippen LogP contribution in [0.25, 0.3) is 16.7 Å². The molecule has 0 aliphatic heterocycles. The van der Waals surface area contributed by atoms with Gasteiger partial charge in [0.25, 0.3) is 0 Å². The van der Waals surface area contributed by atoms with Crippen molar-refractivity contribution >= 4 is 16.9 Å². The monoisotopic (exact) mass is 343 g/mol. The fraction of sp³-hybridized carbons (Fsp3) is 0.190. The second-order valence-electron chi connectivity index (χ2n) is 6.45. The van der Waals surface area contributed by atoms with Gasteiger partial charge in [0.2, 0.25) is 0 Å². The van der Waals surface area contributed by atoms with Crippen molar-refractivity contribution in [2.24, 2.45) is 0 Å². The van der Waals surface area contributed by atoms with E-state index < -0.39 is 0 Å². The van der Waals surface area contributed by atoms with Gasteiger partial charge in [-0.05, 0) is 49.1 Å². The number of nitrogens with one attached hydrogen (secondary N) is 1. The fourth-order valence-corrected chi connectivity index (χ4v) is 3.00. The number of benzene rings is 2. The van der Waals surface area contributed by atoms with E-state index in [1.54, 1.807) is 6.33 Å². The lowest BCUT2D eigenvalue weighted by Gasteiger charge is -2.08. The summed E-state index contributed by atoms with van der Waals surface area (Å²) in [5, 5.41) is 8.88. The van der Waals surface area contributed by atoms with Crippen LogP contribution in [-0.2, 0) is 6.42 Å². The van der Waals surface area contributed by atoms with Gasteiger partial charge in [-0.2, -0.15) is 5.10 Å². The van der Waals surface area contributed by atoms with Crippen LogP contribution in [0.3, 0.4) is 0 Å². The average molecular weight is 343 g/mol. The van der Waals surface area contributed by atoms with Crippen molar-refractivity contribution in [1.82, 2.24) is 19.7 Å². The zero-order valence-electron chi connectivity index (χ0n) is 15.0. The summed E-state index contributed by atoms with van der Waals surface area (Å²) in [7, 11) is 0. The molecule has 4 aromatic rings. The van der Waals surface area contributed by atoms with Gasteiger partial charge < -0.3 is 5.32 Å². The summed E-state index contributed by atoms with van der Waals surface area (Å²) in [6.07, 6.45) is 4.36. The molecule has 4 rings (SSSR count). The molecule has 5 nitrogen and oxygen atoms in total. The normalized spacial score (nSPS) is 11.0. The number of nitrogens with zero attached hydrogens (tertiary/aromatic N) is 4. The summed E-state index contributed by atoms with van der Waals surface area (Å²) in [5.74, 6) is 0.820. The van der Waals surface area contributed by atoms with Crippen LogP contribution in [-0.4, -0.2) is 26.3 Å². The number of hydrogen-bond acceptors (Lipinski definition) is 4. The van der Waals surface area contributed by atoms with Gasteiger partial charge in [-0.1, -0.05) is 36.4 Å². The Bertz CT molecular complexity index is 1040. The van der Waals surface area contributed by atoms with Gasteiger partial charge in [-0.25, -0.2) is 14.6 Å². The van der Waals surface area contributed by atoms with Crippen LogP contribution in [0.15, 0.2) is 61.1 Å². The van der Waals surface area contributed by atoms with Gasteiger partial charge in [-0.15, -0.1) is 0 Å². The van der Waals surface area contributed by atoms with Crippen LogP contribution < -0.4 is 5.32 Å². The second kappa shape index (κ2) is 6.96. The lowest BCUT2D eigenvalue weighted by atomic mass is 10.1. The standard InChI is InChI=1S/C21H21N5/c1-15-8-9-18(12-16(15)2)26-21-19(13-25-26)20(23-14-24-21)22-11-10-17-6-4-3-5-7-17/h3-9,12-14H,10-11H2,1-2H3,(H,22,23,24). The van der Waals surface area contributed by atoms with E-state index in [0.29, 0.717) is 0 Å². The number of anilines is 1. The van der Waals surface area contributed by atoms with Crippen LogP contribution in [0, 0.1) is 13.8 Å². The Labute approximate surface area is 152 Å². The summed E-state index contributed by atoms with van der Waals surface area (Å²) in [5.41, 5.74) is 5.63. The van der Waals surface area contributed by atoms with Crippen molar-refractivity contribution in [3.05, 3.63) is 77.7 Å². The molecule has 0 amide bonds. The number of aromatic nitrogens is 4. The highest BCUT2D eigenvalue weighted by Gasteiger charge is 2.11. The summed E-state index contributed by atoms with van der Waals surface area (Å²) >= 11 is 0. The third-order valence-corrected chi connectivity index (χ3v) is 4.65. The molecular formula is C21H21N5. The zero-order valence-corrected chi connectivity index (χ0v) is 15.0. The molecule has 0 unspecified atom stereocenters. The number of fused-ring (bicyclic) bond motifs is 1. The number of aryl methyl sites for hydroxylation is 2. The van der Waals surface area contributed by atoms with E-state index in [-0.39, 0.29) is 0 Å². The molecule has 2 aromatic carbocycles. The van der Waals surface area contributed by atoms with Crippen molar-refractivity contribution in [2.75, 3.05) is 11.9 Å². The lowest BCUT2D eigenvalue weighted by molar-refractivity contribution is 0.892. The largest absolute Gasteiger partial charge is 0.369 e. The van der Waals surface area contributed by atoms with E-state index in [9.17, 15) is 0 Å². The molecule has 0 spiro atoms. The molecule has 0 atom stereocenters. The van der Waals surface area contributed by atoms with E-state index in [1.807, 2.05) is 16.9 Å². The second-order valence-corrected chi connectivity index (χ2v) is 6.45. The molecule has 2 heterocycles. The Morgan fingerprint density at radius 3 is 2.62 bits per heavy atom. The predicted octanol–water partition coefficient (Wildman–Crippen LogP) is 4.09. The molecule has 0 saturated carbocycles. The number of rotatable bonds is 5. The third-order valence-electron chi connectivity index (χ3n) is 4.65. The molecule has 0 fully saturated rings. The molecule has 5 heteroatoms. The highest BCUT2D eigenvalue weighted by atomic mass is 15.3. The summed E-state index contributed by atoms with van der Waals surface area (Å²) < 4.78 is 1.87. The maximum absolute atomic E-state index is 4.54. The molecule has 2 aromatic heterocycles. The highest BCUT2D eigenvalue weighted by molar-refractivity contribution is 5.87. The van der Waals surface area contributed by atoms with E-state index in [4.69, 9.17) is 0 Å². The van der Waals surface area contributed by atoms with Gasteiger partial charge in [-0.3, -0.25) is 0 Å². The first-order chi connectivity index (χ1) is 12.7. The van der Waals surface area contributed by atoms with Gasteiger partial charge in [0.05, 0.1) is 17.3 Å². The maximum Gasteiger partial charge on any atom is 0.168 e. The summed E-state index contributed by atoms with van der Waals surface area (Å²) in [6, 6.07) is 16.7. The minimum Gasteiger partial charge on any atom is -0.369 e. The predicted molar refractivity (Wildman–Crippen MR) is 105 cm³/mol. The van der Waals surface area contributed by atoms with E-state index in [2.05, 4.69) is 76.7 Å². The maximum atomic E-state index is 4.54. The Morgan fingerprint density at radius 2 is 1.81 bits per heavy atom. The minimum absolute atomic E-state index is 0.810. The topological polar surface area (TPSA) is 55.6 Å². The Kier molecular flexibility index (Phi) is 4.35. The quantitative estimate of drug-likeness (QED) is 0.593. The SMILES string of the molecule is Cc1ccc(-n2ncc3c(NCCc4ccccc4)ncnc32)cc1C. The first-order valence-corrected chi connectivity index (χ1v) is 8.76. The van der Waals surface area contributed by atoms with E-state index in [0.717, 1.165) is 35.5 Å². The highest BCUT2D eigenvalue weighted by Crippen LogP contribution is 2.22. The summed E-state index contributed by atoms with van der Waals surface area (Å²) in [6.45, 7) is 5.03. The molecule has 130 valence electrons. The smallest absolute Gasteiger partial charge is 0.168 e. The lowest BCUT2D eigenvalue weighted by Crippen LogP contribution is -2.07. The Balaban J connectivity index is 1.59. The van der Waals surface area contributed by atoms with Gasteiger partial charge in [0.1, 0.15) is 12.1 Å². The molecule has 0 aliphatic rings. The first-order valence-electron chi connectivity index (χ1n) is 8.76. The Morgan fingerprint density at radius 1 is 0.962 bits per heavy atom. The summed E-state index contributed by atoms with van der Waals surface area (Å²) in [4.78, 5) is 8.85. The van der Waals surface area contributed by atoms with Gasteiger partial charge in [0.15, 0.2) is 5.65 Å². The van der Waals surface area contributed by atoms with Crippen molar-refractivity contribution < 1.29 is 0 Å². The minimum atomic E-state index is 0.810.